The lowest BCUT2D eigenvalue weighted by Crippen LogP contribution is -2.37. The maximum Gasteiger partial charge on any atom is 0.191 e. The summed E-state index contributed by atoms with van der Waals surface area (Å²) in [7, 11) is 2.17. The second-order valence-corrected chi connectivity index (χ2v) is 7.24. The number of hydrogen-bond donors (Lipinski definition) is 2. The summed E-state index contributed by atoms with van der Waals surface area (Å²) in [6, 6.07) is 11.3. The van der Waals surface area contributed by atoms with Gasteiger partial charge in [0.1, 0.15) is 0 Å². The second-order valence-electron chi connectivity index (χ2n) is 6.46. The lowest BCUT2D eigenvalue weighted by molar-refractivity contribution is 0.265. The average Bonchev–Trinajstić information content (AvgIpc) is 3.12. The van der Waals surface area contributed by atoms with Crippen molar-refractivity contribution in [3.8, 4) is 0 Å². The van der Waals surface area contributed by atoms with Gasteiger partial charge in [0.05, 0.1) is 6.54 Å². The fourth-order valence-electron chi connectivity index (χ4n) is 2.41. The Bertz CT molecular complexity index is 656. The molecule has 0 aliphatic rings. The summed E-state index contributed by atoms with van der Waals surface area (Å²) in [5.41, 5.74) is 3.93. The van der Waals surface area contributed by atoms with Crippen molar-refractivity contribution < 1.29 is 0 Å². The Morgan fingerprint density at radius 1 is 1.15 bits per heavy atom. The number of nitrogens with zero attached hydrogens (tertiary/aromatic N) is 2. The highest BCUT2D eigenvalue weighted by Gasteiger charge is 2.08. The molecule has 2 rings (SSSR count). The van der Waals surface area contributed by atoms with E-state index in [2.05, 4.69) is 89.4 Å². The first kappa shape index (κ1) is 22.9. The van der Waals surface area contributed by atoms with Crippen molar-refractivity contribution in [3.05, 3.63) is 57.8 Å². The zero-order valence-corrected chi connectivity index (χ0v) is 19.3. The van der Waals surface area contributed by atoms with E-state index in [4.69, 9.17) is 0 Å². The molecule has 1 heterocycles. The first-order chi connectivity index (χ1) is 12.1. The largest absolute Gasteiger partial charge is 0.357 e. The first-order valence-corrected chi connectivity index (χ1v) is 9.84. The Balaban J connectivity index is 0.00000338. The molecule has 0 radical (unpaired) electrons. The molecule has 1 aromatic carbocycles. The summed E-state index contributed by atoms with van der Waals surface area (Å²) in [5, 5.41) is 11.0. The van der Waals surface area contributed by atoms with E-state index in [1.807, 2.05) is 0 Å². The molecule has 26 heavy (non-hydrogen) atoms. The highest BCUT2D eigenvalue weighted by molar-refractivity contribution is 14.0. The standard InChI is InChI=1S/C20H30N4S.HI/c1-5-21-20(22-12-17-10-11-25-15-17)23-13-18-8-6-7-9-19(18)14-24(4)16(2)3;/h6-11,15-16H,5,12-14H2,1-4H3,(H2,21,22,23);1H. The molecular formula is C20H31IN4S. The van der Waals surface area contributed by atoms with Crippen molar-refractivity contribution in [2.75, 3.05) is 13.6 Å². The number of aliphatic imine (C=N–C) groups is 1. The molecule has 0 amide bonds. The highest BCUT2D eigenvalue weighted by atomic mass is 127. The number of halogens is 1. The first-order valence-electron chi connectivity index (χ1n) is 8.90. The summed E-state index contributed by atoms with van der Waals surface area (Å²) in [6.45, 7) is 9.83. The number of nitrogens with one attached hydrogen (secondary N) is 2. The molecule has 0 aliphatic heterocycles. The van der Waals surface area contributed by atoms with Crippen LogP contribution in [0.1, 0.15) is 37.5 Å². The Morgan fingerprint density at radius 3 is 2.50 bits per heavy atom. The van der Waals surface area contributed by atoms with Crippen LogP contribution in [0.15, 0.2) is 46.1 Å². The fraction of sp³-hybridized carbons (Fsp3) is 0.450. The summed E-state index contributed by atoms with van der Waals surface area (Å²) in [6.07, 6.45) is 0. The molecule has 4 nitrogen and oxygen atoms in total. The Labute approximate surface area is 179 Å². The van der Waals surface area contributed by atoms with Crippen LogP contribution in [-0.4, -0.2) is 30.5 Å². The van der Waals surface area contributed by atoms with Crippen LogP contribution in [0.5, 0.6) is 0 Å². The SMILES string of the molecule is CCNC(=NCc1ccsc1)NCc1ccccc1CN(C)C(C)C.I. The third-order valence-electron chi connectivity index (χ3n) is 4.21. The molecule has 6 heteroatoms. The normalized spacial score (nSPS) is 11.5. The zero-order valence-electron chi connectivity index (χ0n) is 16.2. The number of rotatable bonds is 8. The molecule has 0 atom stereocenters. The van der Waals surface area contributed by atoms with Gasteiger partial charge in [-0.15, -0.1) is 24.0 Å². The molecule has 0 bridgehead atoms. The van der Waals surface area contributed by atoms with Gasteiger partial charge >= 0.3 is 0 Å². The van der Waals surface area contributed by atoms with E-state index >= 15 is 0 Å². The topological polar surface area (TPSA) is 39.7 Å². The number of benzene rings is 1. The van der Waals surface area contributed by atoms with Crippen molar-refractivity contribution in [3.63, 3.8) is 0 Å². The zero-order chi connectivity index (χ0) is 18.1. The Kier molecular flexibility index (Phi) is 10.8. The fourth-order valence-corrected chi connectivity index (χ4v) is 3.07. The summed E-state index contributed by atoms with van der Waals surface area (Å²) in [4.78, 5) is 7.04. The molecule has 1 aromatic heterocycles. The predicted octanol–water partition coefficient (Wildman–Crippen LogP) is 4.46. The number of hydrogen-bond acceptors (Lipinski definition) is 3. The summed E-state index contributed by atoms with van der Waals surface area (Å²) in [5.74, 6) is 0.862. The van der Waals surface area contributed by atoms with Crippen LogP contribution in [0.4, 0.5) is 0 Å². The van der Waals surface area contributed by atoms with E-state index in [1.54, 1.807) is 11.3 Å². The molecular weight excluding hydrogens is 455 g/mol. The van der Waals surface area contributed by atoms with Crippen LogP contribution in [0.3, 0.4) is 0 Å². The lowest BCUT2D eigenvalue weighted by atomic mass is 10.1. The minimum atomic E-state index is 0. The quantitative estimate of drug-likeness (QED) is 0.329. The van der Waals surface area contributed by atoms with Gasteiger partial charge in [-0.1, -0.05) is 24.3 Å². The van der Waals surface area contributed by atoms with E-state index in [9.17, 15) is 0 Å². The van der Waals surface area contributed by atoms with Crippen LogP contribution in [-0.2, 0) is 19.6 Å². The van der Waals surface area contributed by atoms with E-state index in [0.717, 1.165) is 25.6 Å². The van der Waals surface area contributed by atoms with Crippen LogP contribution in [0.2, 0.25) is 0 Å². The molecule has 0 saturated heterocycles. The van der Waals surface area contributed by atoms with Gasteiger partial charge in [-0.3, -0.25) is 4.90 Å². The van der Waals surface area contributed by atoms with Gasteiger partial charge in [-0.2, -0.15) is 11.3 Å². The maximum absolute atomic E-state index is 4.68. The second kappa shape index (κ2) is 12.3. The molecule has 0 saturated carbocycles. The van der Waals surface area contributed by atoms with Gasteiger partial charge in [-0.25, -0.2) is 4.99 Å². The summed E-state index contributed by atoms with van der Waals surface area (Å²) < 4.78 is 0. The number of guanidine groups is 1. The van der Waals surface area contributed by atoms with Crippen LogP contribution < -0.4 is 10.6 Å². The van der Waals surface area contributed by atoms with Crippen molar-refractivity contribution in [1.82, 2.24) is 15.5 Å². The third-order valence-corrected chi connectivity index (χ3v) is 4.94. The molecule has 0 aliphatic carbocycles. The van der Waals surface area contributed by atoms with Crippen molar-refractivity contribution in [2.45, 2.75) is 46.4 Å². The van der Waals surface area contributed by atoms with Crippen LogP contribution >= 0.6 is 35.3 Å². The lowest BCUT2D eigenvalue weighted by Gasteiger charge is -2.23. The van der Waals surface area contributed by atoms with E-state index < -0.39 is 0 Å². The smallest absolute Gasteiger partial charge is 0.191 e. The molecule has 0 fully saturated rings. The van der Waals surface area contributed by atoms with E-state index in [1.165, 1.54) is 16.7 Å². The van der Waals surface area contributed by atoms with E-state index in [0.29, 0.717) is 12.6 Å². The minimum absolute atomic E-state index is 0. The van der Waals surface area contributed by atoms with Crippen molar-refractivity contribution >= 4 is 41.3 Å². The predicted molar refractivity (Wildman–Crippen MR) is 124 cm³/mol. The molecule has 144 valence electrons. The molecule has 2 N–H and O–H groups in total. The maximum atomic E-state index is 4.68. The van der Waals surface area contributed by atoms with Crippen LogP contribution in [0, 0.1) is 0 Å². The minimum Gasteiger partial charge on any atom is -0.357 e. The Morgan fingerprint density at radius 2 is 1.88 bits per heavy atom. The average molecular weight is 486 g/mol. The van der Waals surface area contributed by atoms with Crippen molar-refractivity contribution in [2.24, 2.45) is 4.99 Å². The van der Waals surface area contributed by atoms with Crippen molar-refractivity contribution in [1.29, 1.82) is 0 Å². The third kappa shape index (κ3) is 7.63. The molecule has 0 unspecified atom stereocenters. The van der Waals surface area contributed by atoms with Crippen LogP contribution in [0.25, 0.3) is 0 Å². The van der Waals surface area contributed by atoms with Gasteiger partial charge in [0, 0.05) is 25.7 Å². The molecule has 0 spiro atoms. The van der Waals surface area contributed by atoms with Gasteiger partial charge in [-0.05, 0) is 61.3 Å². The monoisotopic (exact) mass is 486 g/mol. The van der Waals surface area contributed by atoms with Gasteiger partial charge in [0.2, 0.25) is 0 Å². The molecule has 2 aromatic rings. The van der Waals surface area contributed by atoms with Gasteiger partial charge < -0.3 is 10.6 Å². The van der Waals surface area contributed by atoms with Gasteiger partial charge in [0.25, 0.3) is 0 Å². The summed E-state index contributed by atoms with van der Waals surface area (Å²) >= 11 is 1.71. The van der Waals surface area contributed by atoms with E-state index in [-0.39, 0.29) is 24.0 Å². The number of thiophene rings is 1. The van der Waals surface area contributed by atoms with Gasteiger partial charge in [0.15, 0.2) is 5.96 Å². The highest BCUT2D eigenvalue weighted by Crippen LogP contribution is 2.12. The Hall–Kier alpha value is -1.12.